The van der Waals surface area contributed by atoms with Crippen LogP contribution in [0.4, 0.5) is 4.39 Å². The molecule has 2 aliphatic rings. The predicted molar refractivity (Wildman–Crippen MR) is 125 cm³/mol. The quantitative estimate of drug-likeness (QED) is 0.487. The monoisotopic (exact) mass is 498 g/mol. The van der Waals surface area contributed by atoms with Gasteiger partial charge in [-0.25, -0.2) is 12.8 Å². The number of hydrogen-bond acceptors (Lipinski definition) is 6. The van der Waals surface area contributed by atoms with Crippen molar-refractivity contribution in [2.24, 2.45) is 0 Å². The topological polar surface area (TPSA) is 99.1 Å². The molecule has 35 heavy (non-hydrogen) atoms. The van der Waals surface area contributed by atoms with Crippen LogP contribution in [0.2, 0.25) is 0 Å². The molecule has 1 N–H and O–H groups in total. The lowest BCUT2D eigenvalue weighted by Crippen LogP contribution is -2.07. The van der Waals surface area contributed by atoms with Gasteiger partial charge in [-0.1, -0.05) is 6.07 Å². The highest BCUT2D eigenvalue weighted by Gasteiger charge is 2.32. The maximum atomic E-state index is 14.9. The fourth-order valence-electron chi connectivity index (χ4n) is 4.61. The fourth-order valence-corrected chi connectivity index (χ4v) is 5.24. The number of hydrogen-bond donors (Lipinski definition) is 1. The first-order valence-corrected chi connectivity index (χ1v) is 13.0. The van der Waals surface area contributed by atoms with Crippen LogP contribution in [0.1, 0.15) is 41.6 Å². The van der Waals surface area contributed by atoms with Crippen LogP contribution in [0.15, 0.2) is 59.5 Å². The third kappa shape index (κ3) is 4.68. The fraction of sp³-hybridized carbons (Fsp3) is 0.269. The SMILES string of the molecule is CS(=O)(=O)c1ccc(Oc2ccc(F)c3c2CC[C@H]3Oc2ccc3c(c2)OCC3CC(=O)O)cc1. The second-order valence-electron chi connectivity index (χ2n) is 8.73. The molecule has 0 saturated carbocycles. The van der Waals surface area contributed by atoms with Crippen LogP contribution < -0.4 is 14.2 Å². The number of carboxylic acids is 1. The minimum atomic E-state index is -3.31. The van der Waals surface area contributed by atoms with Crippen molar-refractivity contribution in [3.05, 3.63) is 77.1 Å². The number of halogens is 1. The van der Waals surface area contributed by atoms with E-state index < -0.39 is 21.9 Å². The Kier molecular flexibility index (Phi) is 5.88. The van der Waals surface area contributed by atoms with E-state index in [0.717, 1.165) is 11.8 Å². The van der Waals surface area contributed by atoms with Gasteiger partial charge in [0.2, 0.25) is 0 Å². The molecule has 182 valence electrons. The van der Waals surface area contributed by atoms with Crippen LogP contribution in [0.25, 0.3) is 0 Å². The zero-order chi connectivity index (χ0) is 24.7. The predicted octanol–water partition coefficient (Wildman–Crippen LogP) is 5.04. The van der Waals surface area contributed by atoms with Crippen molar-refractivity contribution in [1.29, 1.82) is 0 Å². The molecule has 5 rings (SSSR count). The van der Waals surface area contributed by atoms with Gasteiger partial charge in [-0.05, 0) is 55.3 Å². The lowest BCUT2D eigenvalue weighted by molar-refractivity contribution is -0.137. The molecular weight excluding hydrogens is 475 g/mol. The molecular formula is C26H23FO7S. The number of ether oxygens (including phenoxy) is 3. The van der Waals surface area contributed by atoms with Gasteiger partial charge in [-0.2, -0.15) is 0 Å². The van der Waals surface area contributed by atoms with E-state index in [0.29, 0.717) is 53.6 Å². The standard InChI is InChI=1S/C26H23FO7S/c1-35(30,31)18-5-2-16(3-6-18)33-22-11-9-21(27)26-20(22)8-10-23(26)34-17-4-7-19-15(12-25(28)29)14-32-24(19)13-17/h2-7,9,11,13,15,23H,8,10,12,14H2,1H3,(H,28,29)/t15?,23-/m1/s1. The Morgan fingerprint density at radius 1 is 1.11 bits per heavy atom. The second-order valence-corrected chi connectivity index (χ2v) is 10.7. The number of aliphatic carboxylic acids is 1. The first-order valence-electron chi connectivity index (χ1n) is 11.1. The molecule has 0 aromatic heterocycles. The third-order valence-corrected chi connectivity index (χ3v) is 7.41. The normalized spacial score (nSPS) is 18.5. The Morgan fingerprint density at radius 2 is 1.86 bits per heavy atom. The molecule has 0 amide bonds. The highest BCUT2D eigenvalue weighted by atomic mass is 32.2. The molecule has 1 unspecified atom stereocenters. The first-order chi connectivity index (χ1) is 16.7. The second kappa shape index (κ2) is 8.88. The molecule has 0 bridgehead atoms. The van der Waals surface area contributed by atoms with Crippen LogP contribution >= 0.6 is 0 Å². The highest BCUT2D eigenvalue weighted by molar-refractivity contribution is 7.90. The van der Waals surface area contributed by atoms with E-state index in [2.05, 4.69) is 0 Å². The number of carboxylic acid groups (broad SMARTS) is 1. The van der Waals surface area contributed by atoms with Crippen LogP contribution in [0.3, 0.4) is 0 Å². The van der Waals surface area contributed by atoms with Gasteiger partial charge in [0.25, 0.3) is 0 Å². The van der Waals surface area contributed by atoms with Gasteiger partial charge >= 0.3 is 5.97 Å². The van der Waals surface area contributed by atoms with E-state index in [1.807, 2.05) is 0 Å². The van der Waals surface area contributed by atoms with Crippen molar-refractivity contribution >= 4 is 15.8 Å². The summed E-state index contributed by atoms with van der Waals surface area (Å²) < 4.78 is 55.9. The van der Waals surface area contributed by atoms with Crippen molar-refractivity contribution < 1.29 is 36.9 Å². The van der Waals surface area contributed by atoms with Gasteiger partial charge in [-0.3, -0.25) is 4.79 Å². The van der Waals surface area contributed by atoms with Crippen LogP contribution in [0.5, 0.6) is 23.0 Å². The van der Waals surface area contributed by atoms with Crippen molar-refractivity contribution in [3.8, 4) is 23.0 Å². The van der Waals surface area contributed by atoms with Gasteiger partial charge in [0.15, 0.2) is 9.84 Å². The molecule has 0 fully saturated rings. The summed E-state index contributed by atoms with van der Waals surface area (Å²) in [5, 5.41) is 9.07. The highest BCUT2D eigenvalue weighted by Crippen LogP contribution is 2.44. The molecule has 9 heteroatoms. The number of rotatable bonds is 7. The number of carbonyl (C=O) groups is 1. The molecule has 2 atom stereocenters. The molecule has 3 aromatic rings. The van der Waals surface area contributed by atoms with Gasteiger partial charge in [0, 0.05) is 34.9 Å². The lowest BCUT2D eigenvalue weighted by atomic mass is 9.98. The summed E-state index contributed by atoms with van der Waals surface area (Å²) >= 11 is 0. The minimum Gasteiger partial charge on any atom is -0.492 e. The van der Waals surface area contributed by atoms with Crippen LogP contribution in [-0.4, -0.2) is 32.4 Å². The maximum absolute atomic E-state index is 14.9. The van der Waals surface area contributed by atoms with Gasteiger partial charge in [-0.15, -0.1) is 0 Å². The van der Waals surface area contributed by atoms with E-state index in [-0.39, 0.29) is 23.1 Å². The number of sulfone groups is 1. The van der Waals surface area contributed by atoms with Gasteiger partial charge < -0.3 is 19.3 Å². The third-order valence-electron chi connectivity index (χ3n) is 6.28. The minimum absolute atomic E-state index is 0.00578. The Balaban J connectivity index is 1.36. The zero-order valence-electron chi connectivity index (χ0n) is 18.9. The molecule has 1 aliphatic carbocycles. The number of benzene rings is 3. The first kappa shape index (κ1) is 23.2. The van der Waals surface area contributed by atoms with Crippen molar-refractivity contribution in [3.63, 3.8) is 0 Å². The Labute approximate surface area is 202 Å². The summed E-state index contributed by atoms with van der Waals surface area (Å²) in [5.41, 5.74) is 1.97. The summed E-state index contributed by atoms with van der Waals surface area (Å²) in [6.07, 6.45) is 1.72. The van der Waals surface area contributed by atoms with Crippen LogP contribution in [0, 0.1) is 5.82 Å². The maximum Gasteiger partial charge on any atom is 0.304 e. The smallest absolute Gasteiger partial charge is 0.304 e. The van der Waals surface area contributed by atoms with Crippen molar-refractivity contribution in [2.45, 2.75) is 36.2 Å². The van der Waals surface area contributed by atoms with Gasteiger partial charge in [0.05, 0.1) is 17.9 Å². The van der Waals surface area contributed by atoms with E-state index in [9.17, 15) is 17.6 Å². The summed E-state index contributed by atoms with van der Waals surface area (Å²) in [7, 11) is -3.31. The lowest BCUT2D eigenvalue weighted by Gasteiger charge is -2.17. The average Bonchev–Trinajstić information content (AvgIpc) is 3.40. The Bertz CT molecular complexity index is 1400. The largest absolute Gasteiger partial charge is 0.492 e. The van der Waals surface area contributed by atoms with Crippen LogP contribution in [-0.2, 0) is 21.1 Å². The average molecular weight is 499 g/mol. The van der Waals surface area contributed by atoms with Crippen molar-refractivity contribution in [1.82, 2.24) is 0 Å². The summed E-state index contributed by atoms with van der Waals surface area (Å²) in [6.45, 7) is 0.303. The van der Waals surface area contributed by atoms with E-state index in [1.165, 1.54) is 18.2 Å². The molecule has 0 spiro atoms. The van der Waals surface area contributed by atoms with E-state index in [1.54, 1.807) is 36.4 Å². The molecule has 7 nitrogen and oxygen atoms in total. The Hall–Kier alpha value is -3.59. The Morgan fingerprint density at radius 3 is 2.57 bits per heavy atom. The molecule has 3 aromatic carbocycles. The summed E-state index contributed by atoms with van der Waals surface area (Å²) in [6, 6.07) is 14.2. The molecule has 1 heterocycles. The molecule has 1 aliphatic heterocycles. The van der Waals surface area contributed by atoms with E-state index >= 15 is 0 Å². The van der Waals surface area contributed by atoms with Gasteiger partial charge in [0.1, 0.15) is 34.9 Å². The number of fused-ring (bicyclic) bond motifs is 2. The van der Waals surface area contributed by atoms with E-state index in [4.69, 9.17) is 19.3 Å². The summed E-state index contributed by atoms with van der Waals surface area (Å²) in [5.74, 6) is 0.570. The molecule has 0 saturated heterocycles. The summed E-state index contributed by atoms with van der Waals surface area (Å²) in [4.78, 5) is 11.2. The van der Waals surface area contributed by atoms with Crippen molar-refractivity contribution in [2.75, 3.05) is 12.9 Å². The molecule has 0 radical (unpaired) electrons. The zero-order valence-corrected chi connectivity index (χ0v) is 19.7.